The first-order valence-corrected chi connectivity index (χ1v) is 6.24. The molecule has 0 aromatic heterocycles. The topological polar surface area (TPSA) is 120 Å². The fourth-order valence-corrected chi connectivity index (χ4v) is 1.66. The van der Waals surface area contributed by atoms with Crippen molar-refractivity contribution in [1.82, 2.24) is 0 Å². The van der Waals surface area contributed by atoms with Gasteiger partial charge in [0.1, 0.15) is 17.6 Å². The second kappa shape index (κ2) is 6.70. The molecule has 0 radical (unpaired) electrons. The minimum atomic E-state index is -0.991. The number of benzene rings is 1. The van der Waals surface area contributed by atoms with Gasteiger partial charge in [-0.25, -0.2) is 4.79 Å². The van der Waals surface area contributed by atoms with Crippen LogP contribution in [0.4, 0.5) is 0 Å². The molecule has 0 unspecified atom stereocenters. The smallest absolute Gasteiger partial charge is 0.328 e. The van der Waals surface area contributed by atoms with Gasteiger partial charge in [-0.2, -0.15) is 0 Å². The van der Waals surface area contributed by atoms with Gasteiger partial charge in [0.15, 0.2) is 0 Å². The second-order valence-electron chi connectivity index (χ2n) is 4.95. The third-order valence-electron chi connectivity index (χ3n) is 2.71. The molecule has 5 N–H and O–H groups in total. The number of aromatic hydroxyl groups is 1. The highest BCUT2D eigenvalue weighted by Gasteiger charge is 2.16. The highest BCUT2D eigenvalue weighted by molar-refractivity contribution is 5.96. The summed E-state index contributed by atoms with van der Waals surface area (Å²) in [6, 6.07) is 3.63. The van der Waals surface area contributed by atoms with E-state index in [1.165, 1.54) is 12.3 Å². The number of aliphatic carboxylic acids is 1. The Kier molecular flexibility index (Phi) is 5.25. The molecule has 0 saturated heterocycles. The first kappa shape index (κ1) is 15.7. The molecule has 0 fully saturated rings. The van der Waals surface area contributed by atoms with Gasteiger partial charge in [-0.3, -0.25) is 10.4 Å². The van der Waals surface area contributed by atoms with Crippen LogP contribution in [0.1, 0.15) is 31.4 Å². The largest absolute Gasteiger partial charge is 0.507 e. The third kappa shape index (κ3) is 4.38. The molecule has 0 heterocycles. The number of aliphatic imine (C=N–C) groups is 1. The zero-order valence-electron chi connectivity index (χ0n) is 11.5. The highest BCUT2D eigenvalue weighted by Crippen LogP contribution is 2.17. The molecule has 0 saturated carbocycles. The lowest BCUT2D eigenvalue weighted by atomic mass is 10.0. The van der Waals surface area contributed by atoms with Gasteiger partial charge >= 0.3 is 5.97 Å². The summed E-state index contributed by atoms with van der Waals surface area (Å²) in [4.78, 5) is 15.1. The summed E-state index contributed by atoms with van der Waals surface area (Å²) in [7, 11) is 0. The van der Waals surface area contributed by atoms with Crippen LogP contribution in [0.3, 0.4) is 0 Å². The number of phenols is 1. The maximum atomic E-state index is 11.1. The number of nitrogens with one attached hydrogen (secondary N) is 1. The van der Waals surface area contributed by atoms with Gasteiger partial charge in [-0.15, -0.1) is 0 Å². The standard InChI is InChI=1S/C14H19N3O3/c1-8(2)5-11(14(19)20)17-7-10-4-3-9(13(15)16)6-12(10)18/h3-4,6-8,11,18H,5H2,1-2H3,(H3,15,16)(H,19,20)/t11-/m0/s1. The van der Waals surface area contributed by atoms with Crippen molar-refractivity contribution in [3.05, 3.63) is 29.3 Å². The van der Waals surface area contributed by atoms with Gasteiger partial charge in [0.05, 0.1) is 0 Å². The zero-order valence-corrected chi connectivity index (χ0v) is 11.5. The molecule has 0 bridgehead atoms. The molecule has 0 aliphatic carbocycles. The van der Waals surface area contributed by atoms with Crippen LogP contribution in [0.25, 0.3) is 0 Å². The molecule has 6 nitrogen and oxygen atoms in total. The van der Waals surface area contributed by atoms with E-state index in [-0.39, 0.29) is 17.5 Å². The third-order valence-corrected chi connectivity index (χ3v) is 2.71. The molecular formula is C14H19N3O3. The summed E-state index contributed by atoms with van der Waals surface area (Å²) >= 11 is 0. The van der Waals surface area contributed by atoms with Gasteiger partial charge < -0.3 is 15.9 Å². The first-order chi connectivity index (χ1) is 9.31. The van der Waals surface area contributed by atoms with Crippen LogP contribution in [0.5, 0.6) is 5.75 Å². The number of nitrogen functional groups attached to an aromatic ring is 1. The van der Waals surface area contributed by atoms with Crippen LogP contribution in [0.15, 0.2) is 23.2 Å². The molecule has 0 aliphatic heterocycles. The molecule has 0 spiro atoms. The highest BCUT2D eigenvalue weighted by atomic mass is 16.4. The number of carboxylic acids is 1. The van der Waals surface area contributed by atoms with Crippen molar-refractivity contribution in [3.8, 4) is 5.75 Å². The van der Waals surface area contributed by atoms with Crippen LogP contribution in [-0.2, 0) is 4.79 Å². The lowest BCUT2D eigenvalue weighted by Crippen LogP contribution is -2.20. The fourth-order valence-electron chi connectivity index (χ4n) is 1.66. The Balaban J connectivity index is 2.93. The fraction of sp³-hybridized carbons (Fsp3) is 0.357. The molecule has 1 atom stereocenters. The number of hydrogen-bond acceptors (Lipinski definition) is 4. The number of nitrogens with zero attached hydrogens (tertiary/aromatic N) is 1. The Morgan fingerprint density at radius 3 is 2.60 bits per heavy atom. The summed E-state index contributed by atoms with van der Waals surface area (Å²) in [5, 5.41) is 26.1. The Morgan fingerprint density at radius 2 is 2.15 bits per heavy atom. The number of amidine groups is 1. The molecule has 1 aromatic carbocycles. The van der Waals surface area contributed by atoms with Crippen molar-refractivity contribution < 1.29 is 15.0 Å². The summed E-state index contributed by atoms with van der Waals surface area (Å²) in [6.45, 7) is 3.84. The minimum absolute atomic E-state index is 0.0878. The van der Waals surface area contributed by atoms with E-state index in [0.717, 1.165) is 0 Å². The molecular weight excluding hydrogens is 258 g/mol. The van der Waals surface area contributed by atoms with Crippen LogP contribution in [0.2, 0.25) is 0 Å². The maximum Gasteiger partial charge on any atom is 0.328 e. The van der Waals surface area contributed by atoms with Crippen molar-refractivity contribution in [1.29, 1.82) is 5.41 Å². The Bertz CT molecular complexity index is 538. The first-order valence-electron chi connectivity index (χ1n) is 6.24. The number of carbonyl (C=O) groups is 1. The van der Waals surface area contributed by atoms with Gasteiger partial charge in [-0.05, 0) is 24.5 Å². The Morgan fingerprint density at radius 1 is 1.50 bits per heavy atom. The molecule has 1 aromatic rings. The number of hydrogen-bond donors (Lipinski definition) is 4. The van der Waals surface area contributed by atoms with E-state index < -0.39 is 12.0 Å². The van der Waals surface area contributed by atoms with E-state index in [0.29, 0.717) is 17.5 Å². The van der Waals surface area contributed by atoms with Gasteiger partial charge in [0.25, 0.3) is 0 Å². The van der Waals surface area contributed by atoms with Crippen LogP contribution in [-0.4, -0.2) is 34.3 Å². The van der Waals surface area contributed by atoms with Crippen LogP contribution < -0.4 is 5.73 Å². The quantitative estimate of drug-likeness (QED) is 0.466. The van der Waals surface area contributed by atoms with Crippen molar-refractivity contribution in [2.75, 3.05) is 0 Å². The number of carboxylic acid groups (broad SMARTS) is 1. The van der Waals surface area contributed by atoms with Crippen molar-refractivity contribution in [2.24, 2.45) is 16.6 Å². The van der Waals surface area contributed by atoms with Crippen molar-refractivity contribution in [2.45, 2.75) is 26.3 Å². The van der Waals surface area contributed by atoms with Gasteiger partial charge in [0, 0.05) is 17.3 Å². The van der Waals surface area contributed by atoms with E-state index >= 15 is 0 Å². The van der Waals surface area contributed by atoms with Crippen molar-refractivity contribution >= 4 is 18.0 Å². The van der Waals surface area contributed by atoms with E-state index in [1.807, 2.05) is 13.8 Å². The average molecular weight is 277 g/mol. The van der Waals surface area contributed by atoms with Crippen LogP contribution in [0, 0.1) is 11.3 Å². The summed E-state index contributed by atoms with van der Waals surface area (Å²) in [5.74, 6) is -1.01. The SMILES string of the molecule is CC(C)C[C@H](N=Cc1ccc(C(=N)N)cc1O)C(=O)O. The van der Waals surface area contributed by atoms with E-state index in [9.17, 15) is 9.90 Å². The predicted molar refractivity (Wildman–Crippen MR) is 77.6 cm³/mol. The number of rotatable bonds is 6. The van der Waals surface area contributed by atoms with Gasteiger partial charge in [-0.1, -0.05) is 19.9 Å². The van der Waals surface area contributed by atoms with Crippen molar-refractivity contribution in [3.63, 3.8) is 0 Å². The van der Waals surface area contributed by atoms with Gasteiger partial charge in [0.2, 0.25) is 0 Å². The second-order valence-corrected chi connectivity index (χ2v) is 4.95. The molecule has 6 heteroatoms. The van der Waals surface area contributed by atoms with E-state index in [1.54, 1.807) is 12.1 Å². The summed E-state index contributed by atoms with van der Waals surface area (Å²) < 4.78 is 0. The van der Waals surface area contributed by atoms with Crippen LogP contribution >= 0.6 is 0 Å². The lowest BCUT2D eigenvalue weighted by Gasteiger charge is -2.10. The molecule has 1 rings (SSSR count). The molecule has 20 heavy (non-hydrogen) atoms. The molecule has 108 valence electrons. The van der Waals surface area contributed by atoms with E-state index in [4.69, 9.17) is 16.2 Å². The predicted octanol–water partition coefficient (Wildman–Crippen LogP) is 1.59. The summed E-state index contributed by atoms with van der Waals surface area (Å²) in [6.07, 6.45) is 1.76. The normalized spacial score (nSPS) is 12.8. The van der Waals surface area contributed by atoms with E-state index in [2.05, 4.69) is 4.99 Å². The lowest BCUT2D eigenvalue weighted by molar-refractivity contribution is -0.138. The summed E-state index contributed by atoms with van der Waals surface area (Å²) in [5.41, 5.74) is 6.10. The molecule has 0 aliphatic rings. The zero-order chi connectivity index (χ0) is 15.3. The number of phenolic OH excluding ortho intramolecular Hbond substituents is 1. The number of nitrogens with two attached hydrogens (primary N) is 1. The average Bonchev–Trinajstić information content (AvgIpc) is 2.34. The Hall–Kier alpha value is -2.37. The maximum absolute atomic E-state index is 11.1. The molecule has 0 amide bonds. The minimum Gasteiger partial charge on any atom is -0.507 e. The Labute approximate surface area is 117 Å². The monoisotopic (exact) mass is 277 g/mol.